The van der Waals surface area contributed by atoms with E-state index in [1.165, 1.54) is 12.4 Å². The molecule has 0 radical (unpaired) electrons. The molecule has 2 saturated heterocycles. The highest BCUT2D eigenvalue weighted by Crippen LogP contribution is 2.23. The number of rotatable bonds is 1. The molecule has 2 aliphatic rings. The molecule has 2 fully saturated rings. The number of aromatic nitrogens is 2. The zero-order valence-corrected chi connectivity index (χ0v) is 11.0. The van der Waals surface area contributed by atoms with Crippen LogP contribution in [0.2, 0.25) is 5.15 Å². The summed E-state index contributed by atoms with van der Waals surface area (Å²) in [5.74, 6) is 0.0219. The molecule has 0 aliphatic carbocycles. The fraction of sp³-hybridized carbons (Fsp3) is 0.500. The summed E-state index contributed by atoms with van der Waals surface area (Å²) in [5, 5.41) is 0.209. The van der Waals surface area contributed by atoms with Gasteiger partial charge in [-0.1, -0.05) is 11.6 Å². The van der Waals surface area contributed by atoms with Crippen LogP contribution >= 0.6 is 11.6 Å². The SMILES string of the molecule is O=C(c1cncc(Cl)n1)N1CCN2C(=O)CCC2C1. The lowest BCUT2D eigenvalue weighted by Crippen LogP contribution is -2.53. The third-order valence-electron chi connectivity index (χ3n) is 3.61. The smallest absolute Gasteiger partial charge is 0.274 e. The molecule has 100 valence electrons. The Labute approximate surface area is 115 Å². The van der Waals surface area contributed by atoms with Gasteiger partial charge >= 0.3 is 0 Å². The Bertz CT molecular complexity index is 536. The van der Waals surface area contributed by atoms with Crippen LogP contribution in [0.3, 0.4) is 0 Å². The summed E-state index contributed by atoms with van der Waals surface area (Å²) in [6, 6.07) is 0.150. The van der Waals surface area contributed by atoms with Gasteiger partial charge in [0.15, 0.2) is 0 Å². The van der Waals surface area contributed by atoms with E-state index in [9.17, 15) is 9.59 Å². The minimum absolute atomic E-state index is 0.150. The molecular formula is C12H13ClN4O2. The number of halogens is 1. The Morgan fingerprint density at radius 2 is 2.21 bits per heavy atom. The number of nitrogens with zero attached hydrogens (tertiary/aromatic N) is 4. The third-order valence-corrected chi connectivity index (χ3v) is 3.79. The van der Waals surface area contributed by atoms with E-state index in [0.29, 0.717) is 26.1 Å². The van der Waals surface area contributed by atoms with E-state index in [0.717, 1.165) is 6.42 Å². The Hall–Kier alpha value is -1.69. The van der Waals surface area contributed by atoms with Crippen molar-refractivity contribution in [2.24, 2.45) is 0 Å². The van der Waals surface area contributed by atoms with Gasteiger partial charge in [-0.3, -0.25) is 14.6 Å². The molecule has 1 aromatic rings. The van der Waals surface area contributed by atoms with Crippen molar-refractivity contribution in [2.75, 3.05) is 19.6 Å². The molecule has 19 heavy (non-hydrogen) atoms. The molecule has 0 spiro atoms. The van der Waals surface area contributed by atoms with Crippen LogP contribution in [-0.2, 0) is 4.79 Å². The van der Waals surface area contributed by atoms with Crippen molar-refractivity contribution >= 4 is 23.4 Å². The minimum atomic E-state index is -0.172. The topological polar surface area (TPSA) is 66.4 Å². The van der Waals surface area contributed by atoms with Gasteiger partial charge in [-0.05, 0) is 6.42 Å². The quantitative estimate of drug-likeness (QED) is 0.755. The summed E-state index contributed by atoms with van der Waals surface area (Å²) in [5.41, 5.74) is 0.255. The van der Waals surface area contributed by atoms with Crippen molar-refractivity contribution in [1.29, 1.82) is 0 Å². The van der Waals surface area contributed by atoms with Gasteiger partial charge in [-0.2, -0.15) is 0 Å². The van der Waals surface area contributed by atoms with Crippen molar-refractivity contribution in [3.05, 3.63) is 23.2 Å². The minimum Gasteiger partial charge on any atom is -0.336 e. The lowest BCUT2D eigenvalue weighted by atomic mass is 10.1. The first-order valence-corrected chi connectivity index (χ1v) is 6.59. The fourth-order valence-electron chi connectivity index (χ4n) is 2.66. The second kappa shape index (κ2) is 4.77. The van der Waals surface area contributed by atoms with Crippen LogP contribution in [0, 0.1) is 0 Å². The van der Waals surface area contributed by atoms with Crippen molar-refractivity contribution in [1.82, 2.24) is 19.8 Å². The number of fused-ring (bicyclic) bond motifs is 1. The zero-order chi connectivity index (χ0) is 13.4. The number of hydrogen-bond acceptors (Lipinski definition) is 4. The average molecular weight is 281 g/mol. The molecule has 0 saturated carbocycles. The zero-order valence-electron chi connectivity index (χ0n) is 10.3. The predicted octanol–water partition coefficient (Wildman–Crippen LogP) is 0.577. The molecule has 1 atom stereocenters. The number of piperazine rings is 1. The molecule has 3 heterocycles. The normalized spacial score (nSPS) is 22.6. The maximum Gasteiger partial charge on any atom is 0.274 e. The molecule has 0 N–H and O–H groups in total. The van der Waals surface area contributed by atoms with Gasteiger partial charge in [0.25, 0.3) is 5.91 Å². The van der Waals surface area contributed by atoms with Gasteiger partial charge in [0.1, 0.15) is 10.8 Å². The maximum absolute atomic E-state index is 12.3. The van der Waals surface area contributed by atoms with Crippen molar-refractivity contribution in [3.63, 3.8) is 0 Å². The van der Waals surface area contributed by atoms with E-state index in [-0.39, 0.29) is 28.7 Å². The molecular weight excluding hydrogens is 268 g/mol. The van der Waals surface area contributed by atoms with Crippen LogP contribution in [0.5, 0.6) is 0 Å². The molecule has 7 heteroatoms. The second-order valence-electron chi connectivity index (χ2n) is 4.76. The Morgan fingerprint density at radius 3 is 3.00 bits per heavy atom. The Balaban J connectivity index is 1.74. The van der Waals surface area contributed by atoms with Crippen LogP contribution in [0.1, 0.15) is 23.3 Å². The van der Waals surface area contributed by atoms with Crippen molar-refractivity contribution in [3.8, 4) is 0 Å². The number of carbonyl (C=O) groups excluding carboxylic acids is 2. The van der Waals surface area contributed by atoms with Gasteiger partial charge in [0.2, 0.25) is 5.91 Å². The lowest BCUT2D eigenvalue weighted by Gasteiger charge is -2.37. The molecule has 1 unspecified atom stereocenters. The monoisotopic (exact) mass is 280 g/mol. The fourth-order valence-corrected chi connectivity index (χ4v) is 2.80. The Kier molecular flexibility index (Phi) is 3.10. The molecule has 2 aliphatic heterocycles. The van der Waals surface area contributed by atoms with Crippen LogP contribution in [0.4, 0.5) is 0 Å². The van der Waals surface area contributed by atoms with Crippen molar-refractivity contribution < 1.29 is 9.59 Å². The molecule has 0 aromatic carbocycles. The lowest BCUT2D eigenvalue weighted by molar-refractivity contribution is -0.130. The first-order chi connectivity index (χ1) is 9.15. The summed E-state index contributed by atoms with van der Waals surface area (Å²) >= 11 is 5.74. The highest BCUT2D eigenvalue weighted by atomic mass is 35.5. The van der Waals surface area contributed by atoms with Crippen LogP contribution in [-0.4, -0.2) is 57.3 Å². The highest BCUT2D eigenvalue weighted by Gasteiger charge is 2.37. The molecule has 3 rings (SSSR count). The Morgan fingerprint density at radius 1 is 1.37 bits per heavy atom. The summed E-state index contributed by atoms with van der Waals surface area (Å²) in [4.78, 5) is 35.3. The number of amides is 2. The standard InChI is InChI=1S/C12H13ClN4O2/c13-10-6-14-5-9(15-10)12(19)16-3-4-17-8(7-16)1-2-11(17)18/h5-6,8H,1-4,7H2. The van der Waals surface area contributed by atoms with Crippen LogP contribution in [0.25, 0.3) is 0 Å². The van der Waals surface area contributed by atoms with Crippen molar-refractivity contribution in [2.45, 2.75) is 18.9 Å². The summed E-state index contributed by atoms with van der Waals surface area (Å²) < 4.78 is 0. The first-order valence-electron chi connectivity index (χ1n) is 6.21. The highest BCUT2D eigenvalue weighted by molar-refractivity contribution is 6.29. The maximum atomic E-state index is 12.3. The van der Waals surface area contributed by atoms with E-state index in [1.807, 2.05) is 4.90 Å². The van der Waals surface area contributed by atoms with E-state index >= 15 is 0 Å². The van der Waals surface area contributed by atoms with E-state index in [1.54, 1.807) is 4.90 Å². The molecule has 2 amide bonds. The van der Waals surface area contributed by atoms with E-state index in [4.69, 9.17) is 11.6 Å². The molecule has 1 aromatic heterocycles. The van der Waals surface area contributed by atoms with Crippen LogP contribution in [0.15, 0.2) is 12.4 Å². The largest absolute Gasteiger partial charge is 0.336 e. The third kappa shape index (κ3) is 2.28. The van der Waals surface area contributed by atoms with E-state index < -0.39 is 0 Å². The van der Waals surface area contributed by atoms with Gasteiger partial charge < -0.3 is 9.80 Å². The predicted molar refractivity (Wildman–Crippen MR) is 67.7 cm³/mol. The summed E-state index contributed by atoms with van der Waals surface area (Å²) in [7, 11) is 0. The first kappa shape index (κ1) is 12.3. The van der Waals surface area contributed by atoms with E-state index in [2.05, 4.69) is 9.97 Å². The summed E-state index contributed by atoms with van der Waals surface area (Å²) in [6.45, 7) is 1.71. The van der Waals surface area contributed by atoms with Gasteiger partial charge in [0.05, 0.1) is 12.4 Å². The average Bonchev–Trinajstić information content (AvgIpc) is 2.79. The summed E-state index contributed by atoms with van der Waals surface area (Å²) in [6.07, 6.45) is 4.22. The van der Waals surface area contributed by atoms with Gasteiger partial charge in [-0.25, -0.2) is 4.98 Å². The number of carbonyl (C=O) groups is 2. The molecule has 6 nitrogen and oxygen atoms in total. The van der Waals surface area contributed by atoms with Gasteiger partial charge in [0, 0.05) is 32.1 Å². The second-order valence-corrected chi connectivity index (χ2v) is 5.15. The van der Waals surface area contributed by atoms with Crippen LogP contribution < -0.4 is 0 Å². The molecule has 0 bridgehead atoms. The number of hydrogen-bond donors (Lipinski definition) is 0. The van der Waals surface area contributed by atoms with Gasteiger partial charge in [-0.15, -0.1) is 0 Å².